The molecule has 0 aliphatic carbocycles. The Labute approximate surface area is 95.6 Å². The van der Waals surface area contributed by atoms with Crippen LogP contribution in [-0.2, 0) is 11.2 Å². The molecule has 0 saturated heterocycles. The van der Waals surface area contributed by atoms with E-state index in [1.165, 1.54) is 0 Å². The number of aromatic nitrogens is 1. The average molecular weight is 225 g/mol. The number of aromatic amines is 1. The normalized spacial score (nSPS) is 10.5. The number of ether oxygens (including phenoxy) is 1. The highest BCUT2D eigenvalue weighted by Gasteiger charge is 2.17. The summed E-state index contributed by atoms with van der Waals surface area (Å²) in [5.74, 6) is -0.307. The number of aliphatic hydroxyl groups excluding tert-OH is 1. The maximum Gasteiger partial charge on any atom is 0.355 e. The lowest BCUT2D eigenvalue weighted by atomic mass is 10.1. The molecule has 2 N–H and O–H groups in total. The van der Waals surface area contributed by atoms with Gasteiger partial charge in [-0.05, 0) is 44.7 Å². The van der Waals surface area contributed by atoms with E-state index in [9.17, 15) is 4.79 Å². The van der Waals surface area contributed by atoms with E-state index in [1.54, 1.807) is 6.92 Å². The van der Waals surface area contributed by atoms with Gasteiger partial charge in [-0.2, -0.15) is 0 Å². The van der Waals surface area contributed by atoms with Gasteiger partial charge in [0.25, 0.3) is 0 Å². The van der Waals surface area contributed by atoms with Gasteiger partial charge in [-0.1, -0.05) is 0 Å². The summed E-state index contributed by atoms with van der Waals surface area (Å²) in [4.78, 5) is 14.7. The Balaban J connectivity index is 2.92. The standard InChI is InChI=1S/C12H19NO3/c1-4-16-12(15)11-8(2)10(6-5-7-14)9(3)13-11/h13-14H,4-7H2,1-3H3. The van der Waals surface area contributed by atoms with E-state index < -0.39 is 0 Å². The molecule has 0 amide bonds. The Morgan fingerprint density at radius 3 is 2.69 bits per heavy atom. The Kier molecular flexibility index (Phi) is 4.55. The Hall–Kier alpha value is -1.29. The molecular formula is C12H19NO3. The molecule has 0 saturated carbocycles. The van der Waals surface area contributed by atoms with Crippen molar-refractivity contribution in [1.82, 2.24) is 4.98 Å². The number of H-pyrrole nitrogens is 1. The Morgan fingerprint density at radius 2 is 2.12 bits per heavy atom. The van der Waals surface area contributed by atoms with E-state index in [4.69, 9.17) is 9.84 Å². The maximum atomic E-state index is 11.6. The second-order valence-electron chi connectivity index (χ2n) is 3.78. The van der Waals surface area contributed by atoms with Crippen molar-refractivity contribution in [2.75, 3.05) is 13.2 Å². The van der Waals surface area contributed by atoms with Crippen LogP contribution in [0.1, 0.15) is 40.7 Å². The zero-order chi connectivity index (χ0) is 12.1. The summed E-state index contributed by atoms with van der Waals surface area (Å²) in [6, 6.07) is 0. The number of carbonyl (C=O) groups excluding carboxylic acids is 1. The van der Waals surface area contributed by atoms with Gasteiger partial charge in [-0.25, -0.2) is 4.79 Å². The second kappa shape index (κ2) is 5.70. The number of aryl methyl sites for hydroxylation is 1. The predicted octanol–water partition coefficient (Wildman–Crippen LogP) is 1.73. The van der Waals surface area contributed by atoms with Gasteiger partial charge in [-0.3, -0.25) is 0 Å². The van der Waals surface area contributed by atoms with Crippen LogP contribution in [0.5, 0.6) is 0 Å². The molecule has 0 aromatic carbocycles. The first kappa shape index (κ1) is 12.8. The van der Waals surface area contributed by atoms with Gasteiger partial charge in [0.15, 0.2) is 0 Å². The molecule has 0 aliphatic rings. The topological polar surface area (TPSA) is 62.3 Å². The van der Waals surface area contributed by atoms with Crippen molar-refractivity contribution in [3.05, 3.63) is 22.5 Å². The number of esters is 1. The highest BCUT2D eigenvalue weighted by molar-refractivity contribution is 5.89. The summed E-state index contributed by atoms with van der Waals surface area (Å²) >= 11 is 0. The van der Waals surface area contributed by atoms with Gasteiger partial charge in [0, 0.05) is 12.3 Å². The summed E-state index contributed by atoms with van der Waals surface area (Å²) < 4.78 is 4.96. The molecule has 4 heteroatoms. The number of aliphatic hydroxyl groups is 1. The molecule has 0 bridgehead atoms. The molecule has 0 spiro atoms. The monoisotopic (exact) mass is 225 g/mol. The molecule has 0 atom stereocenters. The van der Waals surface area contributed by atoms with Crippen molar-refractivity contribution in [3.8, 4) is 0 Å². The van der Waals surface area contributed by atoms with Crippen LogP contribution in [-0.4, -0.2) is 29.3 Å². The highest BCUT2D eigenvalue weighted by atomic mass is 16.5. The molecule has 1 rings (SSSR count). The summed E-state index contributed by atoms with van der Waals surface area (Å²) in [5.41, 5.74) is 3.56. The second-order valence-corrected chi connectivity index (χ2v) is 3.78. The minimum Gasteiger partial charge on any atom is -0.461 e. The number of hydrogen-bond donors (Lipinski definition) is 2. The lowest BCUT2D eigenvalue weighted by Crippen LogP contribution is -2.06. The summed E-state index contributed by atoms with van der Waals surface area (Å²) in [5, 5.41) is 8.81. The molecule has 0 radical (unpaired) electrons. The number of nitrogens with one attached hydrogen (secondary N) is 1. The van der Waals surface area contributed by atoms with E-state index >= 15 is 0 Å². The third kappa shape index (κ3) is 2.64. The van der Waals surface area contributed by atoms with Crippen LogP contribution < -0.4 is 0 Å². The molecule has 1 aromatic rings. The molecule has 0 unspecified atom stereocenters. The largest absolute Gasteiger partial charge is 0.461 e. The zero-order valence-corrected chi connectivity index (χ0v) is 10.1. The molecule has 0 aliphatic heterocycles. The Morgan fingerprint density at radius 1 is 1.44 bits per heavy atom. The Bertz CT molecular complexity index is 369. The van der Waals surface area contributed by atoms with Gasteiger partial charge < -0.3 is 14.8 Å². The lowest BCUT2D eigenvalue weighted by molar-refractivity contribution is 0.0519. The smallest absolute Gasteiger partial charge is 0.355 e. The van der Waals surface area contributed by atoms with E-state index in [-0.39, 0.29) is 12.6 Å². The fourth-order valence-electron chi connectivity index (χ4n) is 1.83. The molecule has 16 heavy (non-hydrogen) atoms. The van der Waals surface area contributed by atoms with Gasteiger partial charge >= 0.3 is 5.97 Å². The minimum atomic E-state index is -0.307. The van der Waals surface area contributed by atoms with Gasteiger partial charge in [0.1, 0.15) is 5.69 Å². The van der Waals surface area contributed by atoms with E-state index in [1.807, 2.05) is 13.8 Å². The molecule has 1 aromatic heterocycles. The fraction of sp³-hybridized carbons (Fsp3) is 0.583. The SMILES string of the molecule is CCOC(=O)c1[nH]c(C)c(CCCO)c1C. The highest BCUT2D eigenvalue weighted by Crippen LogP contribution is 2.20. The quantitative estimate of drug-likeness (QED) is 0.750. The van der Waals surface area contributed by atoms with Crippen molar-refractivity contribution in [3.63, 3.8) is 0 Å². The van der Waals surface area contributed by atoms with Crippen molar-refractivity contribution in [2.24, 2.45) is 0 Å². The predicted molar refractivity (Wildman–Crippen MR) is 61.6 cm³/mol. The molecule has 0 fully saturated rings. The summed E-state index contributed by atoms with van der Waals surface area (Å²) in [6.07, 6.45) is 1.49. The third-order valence-electron chi connectivity index (χ3n) is 2.66. The molecule has 4 nitrogen and oxygen atoms in total. The van der Waals surface area contributed by atoms with Crippen LogP contribution in [0, 0.1) is 13.8 Å². The maximum absolute atomic E-state index is 11.6. The van der Waals surface area contributed by atoms with E-state index in [0.29, 0.717) is 18.7 Å². The van der Waals surface area contributed by atoms with Crippen molar-refractivity contribution in [1.29, 1.82) is 0 Å². The van der Waals surface area contributed by atoms with Crippen LogP contribution in [0.2, 0.25) is 0 Å². The first-order valence-electron chi connectivity index (χ1n) is 5.57. The van der Waals surface area contributed by atoms with E-state index in [2.05, 4.69) is 4.98 Å². The molecule has 90 valence electrons. The van der Waals surface area contributed by atoms with Crippen LogP contribution >= 0.6 is 0 Å². The first-order chi connectivity index (χ1) is 7.61. The lowest BCUT2D eigenvalue weighted by Gasteiger charge is -2.02. The number of carbonyl (C=O) groups is 1. The zero-order valence-electron chi connectivity index (χ0n) is 10.1. The summed E-state index contributed by atoms with van der Waals surface area (Å²) in [6.45, 7) is 6.17. The number of rotatable bonds is 5. The average Bonchev–Trinajstić information content (AvgIpc) is 2.53. The van der Waals surface area contributed by atoms with E-state index in [0.717, 1.165) is 23.2 Å². The number of hydrogen-bond acceptors (Lipinski definition) is 3. The van der Waals surface area contributed by atoms with Gasteiger partial charge in [0.05, 0.1) is 6.61 Å². The summed E-state index contributed by atoms with van der Waals surface area (Å²) in [7, 11) is 0. The fourth-order valence-corrected chi connectivity index (χ4v) is 1.83. The minimum absolute atomic E-state index is 0.165. The first-order valence-corrected chi connectivity index (χ1v) is 5.57. The van der Waals surface area contributed by atoms with Crippen LogP contribution in [0.25, 0.3) is 0 Å². The third-order valence-corrected chi connectivity index (χ3v) is 2.66. The van der Waals surface area contributed by atoms with Crippen LogP contribution in [0.3, 0.4) is 0 Å². The molecule has 1 heterocycles. The van der Waals surface area contributed by atoms with Crippen molar-refractivity contribution in [2.45, 2.75) is 33.6 Å². The van der Waals surface area contributed by atoms with Gasteiger partial charge in [0.2, 0.25) is 0 Å². The van der Waals surface area contributed by atoms with Crippen molar-refractivity contribution < 1.29 is 14.6 Å². The molecular weight excluding hydrogens is 206 g/mol. The van der Waals surface area contributed by atoms with Crippen molar-refractivity contribution >= 4 is 5.97 Å². The van der Waals surface area contributed by atoms with Crippen LogP contribution in [0.4, 0.5) is 0 Å². The van der Waals surface area contributed by atoms with Gasteiger partial charge in [-0.15, -0.1) is 0 Å². The van der Waals surface area contributed by atoms with Crippen LogP contribution in [0.15, 0.2) is 0 Å².